The Labute approximate surface area is 157 Å². The van der Waals surface area contributed by atoms with Crippen LogP contribution in [0.15, 0.2) is 28.8 Å². The molecule has 144 valence electrons. The molecule has 3 heterocycles. The molecule has 0 radical (unpaired) electrons. The van der Waals surface area contributed by atoms with E-state index in [4.69, 9.17) is 10.8 Å². The SMILES string of the molecule is NC1CC(N2Cc3nn4c(c3C2)N=CCC4)CC[C@@H]1C1CC(F)=CC=C1F. The molecule has 5 rings (SSSR count). The smallest absolute Gasteiger partial charge is 0.154 e. The topological polar surface area (TPSA) is 59.4 Å². The van der Waals surface area contributed by atoms with Crippen molar-refractivity contribution in [3.63, 3.8) is 0 Å². The first-order valence-corrected chi connectivity index (χ1v) is 9.92. The van der Waals surface area contributed by atoms with Gasteiger partial charge in [-0.05, 0) is 37.3 Å². The lowest BCUT2D eigenvalue weighted by atomic mass is 9.72. The highest BCUT2D eigenvalue weighted by molar-refractivity contribution is 5.65. The van der Waals surface area contributed by atoms with E-state index in [-0.39, 0.29) is 30.0 Å². The van der Waals surface area contributed by atoms with Crippen molar-refractivity contribution in [1.82, 2.24) is 14.7 Å². The summed E-state index contributed by atoms with van der Waals surface area (Å²) in [6.45, 7) is 2.61. The first-order valence-electron chi connectivity index (χ1n) is 9.92. The maximum atomic E-state index is 14.2. The van der Waals surface area contributed by atoms with Crippen LogP contribution in [0.1, 0.15) is 43.4 Å². The molecule has 7 heteroatoms. The second-order valence-corrected chi connectivity index (χ2v) is 8.25. The number of halogens is 2. The van der Waals surface area contributed by atoms with Gasteiger partial charge in [0.2, 0.25) is 0 Å². The maximum absolute atomic E-state index is 14.2. The monoisotopic (exact) mass is 373 g/mol. The predicted molar refractivity (Wildman–Crippen MR) is 99.8 cm³/mol. The minimum Gasteiger partial charge on any atom is -0.327 e. The van der Waals surface area contributed by atoms with Crippen molar-refractivity contribution in [2.24, 2.45) is 22.6 Å². The Morgan fingerprint density at radius 1 is 1.15 bits per heavy atom. The molecule has 1 fully saturated rings. The summed E-state index contributed by atoms with van der Waals surface area (Å²) in [4.78, 5) is 6.98. The number of aryl methyl sites for hydroxylation is 1. The maximum Gasteiger partial charge on any atom is 0.154 e. The van der Waals surface area contributed by atoms with Crippen molar-refractivity contribution in [1.29, 1.82) is 0 Å². The molecule has 4 atom stereocenters. The lowest BCUT2D eigenvalue weighted by molar-refractivity contribution is 0.0989. The van der Waals surface area contributed by atoms with Gasteiger partial charge < -0.3 is 5.73 Å². The number of fused-ring (bicyclic) bond motifs is 3. The summed E-state index contributed by atoms with van der Waals surface area (Å²) in [7, 11) is 0. The van der Waals surface area contributed by atoms with Gasteiger partial charge in [-0.1, -0.05) is 0 Å². The second kappa shape index (κ2) is 6.63. The van der Waals surface area contributed by atoms with Crippen LogP contribution in [0.3, 0.4) is 0 Å². The number of hydrogen-bond donors (Lipinski definition) is 1. The first-order chi connectivity index (χ1) is 13.1. The minimum atomic E-state index is -0.400. The first kappa shape index (κ1) is 17.3. The summed E-state index contributed by atoms with van der Waals surface area (Å²) in [6.07, 6.45) is 8.20. The van der Waals surface area contributed by atoms with Gasteiger partial charge in [-0.15, -0.1) is 0 Å². The fraction of sp³-hybridized carbons (Fsp3) is 0.600. The predicted octanol–water partition coefficient (Wildman–Crippen LogP) is 3.53. The number of nitrogens with zero attached hydrogens (tertiary/aromatic N) is 4. The van der Waals surface area contributed by atoms with E-state index in [2.05, 4.69) is 9.89 Å². The minimum absolute atomic E-state index is 0.0110. The Morgan fingerprint density at radius 3 is 2.89 bits per heavy atom. The van der Waals surface area contributed by atoms with E-state index >= 15 is 0 Å². The fourth-order valence-corrected chi connectivity index (χ4v) is 5.23. The number of hydrogen-bond acceptors (Lipinski definition) is 4. The van der Waals surface area contributed by atoms with Crippen LogP contribution in [0.25, 0.3) is 0 Å². The average molecular weight is 373 g/mol. The Kier molecular flexibility index (Phi) is 4.24. The number of rotatable bonds is 2. The molecule has 1 aromatic heterocycles. The van der Waals surface area contributed by atoms with Gasteiger partial charge >= 0.3 is 0 Å². The number of nitrogens with two attached hydrogens (primary N) is 1. The Balaban J connectivity index is 1.26. The summed E-state index contributed by atoms with van der Waals surface area (Å²) in [5, 5.41) is 4.73. The number of aromatic nitrogens is 2. The third-order valence-electron chi connectivity index (χ3n) is 6.65. The van der Waals surface area contributed by atoms with E-state index in [1.165, 1.54) is 17.7 Å². The molecule has 0 amide bonds. The lowest BCUT2D eigenvalue weighted by Gasteiger charge is -2.41. The largest absolute Gasteiger partial charge is 0.327 e. The number of allylic oxidation sites excluding steroid dienone is 4. The van der Waals surface area contributed by atoms with Crippen molar-refractivity contribution >= 4 is 12.0 Å². The molecule has 4 aliphatic rings. The van der Waals surface area contributed by atoms with E-state index < -0.39 is 5.92 Å². The van der Waals surface area contributed by atoms with Crippen molar-refractivity contribution in [2.45, 2.75) is 63.8 Å². The third kappa shape index (κ3) is 2.97. The van der Waals surface area contributed by atoms with E-state index in [0.717, 1.165) is 56.8 Å². The zero-order valence-corrected chi connectivity index (χ0v) is 15.3. The van der Waals surface area contributed by atoms with Crippen LogP contribution in [0.2, 0.25) is 0 Å². The zero-order chi connectivity index (χ0) is 18.5. The summed E-state index contributed by atoms with van der Waals surface area (Å²) in [5.41, 5.74) is 8.84. The van der Waals surface area contributed by atoms with Gasteiger partial charge in [-0.25, -0.2) is 18.5 Å². The third-order valence-corrected chi connectivity index (χ3v) is 6.65. The number of aliphatic imine (C=N–C) groups is 1. The molecule has 2 aliphatic carbocycles. The van der Waals surface area contributed by atoms with Crippen molar-refractivity contribution < 1.29 is 8.78 Å². The molecule has 0 bridgehead atoms. The van der Waals surface area contributed by atoms with Crippen LogP contribution >= 0.6 is 0 Å². The van der Waals surface area contributed by atoms with E-state index in [0.29, 0.717) is 6.04 Å². The molecule has 0 saturated heterocycles. The summed E-state index contributed by atoms with van der Waals surface area (Å²) >= 11 is 0. The van der Waals surface area contributed by atoms with Crippen molar-refractivity contribution in [2.75, 3.05) is 0 Å². The fourth-order valence-electron chi connectivity index (χ4n) is 5.23. The van der Waals surface area contributed by atoms with E-state index in [1.807, 2.05) is 10.9 Å². The molecule has 27 heavy (non-hydrogen) atoms. The van der Waals surface area contributed by atoms with Crippen LogP contribution in [-0.2, 0) is 19.6 Å². The molecular formula is C20H25F2N5. The van der Waals surface area contributed by atoms with Gasteiger partial charge in [-0.3, -0.25) is 4.90 Å². The van der Waals surface area contributed by atoms with E-state index in [1.54, 1.807) is 0 Å². The van der Waals surface area contributed by atoms with Gasteiger partial charge in [0.25, 0.3) is 0 Å². The van der Waals surface area contributed by atoms with Gasteiger partial charge in [0.05, 0.1) is 5.69 Å². The van der Waals surface area contributed by atoms with Gasteiger partial charge in [0.1, 0.15) is 11.7 Å². The van der Waals surface area contributed by atoms with Crippen LogP contribution in [0.4, 0.5) is 14.6 Å². The Hall–Kier alpha value is -1.86. The summed E-state index contributed by atoms with van der Waals surface area (Å²) in [5.74, 6) is 0.156. The highest BCUT2D eigenvalue weighted by Crippen LogP contribution is 2.42. The van der Waals surface area contributed by atoms with Gasteiger partial charge in [-0.2, -0.15) is 5.10 Å². The Morgan fingerprint density at radius 2 is 2.04 bits per heavy atom. The molecule has 3 unspecified atom stereocenters. The highest BCUT2D eigenvalue weighted by atomic mass is 19.1. The van der Waals surface area contributed by atoms with Crippen LogP contribution in [-0.4, -0.2) is 33.0 Å². The summed E-state index contributed by atoms with van der Waals surface area (Å²) in [6, 6.07) is 0.262. The zero-order valence-electron chi connectivity index (χ0n) is 15.3. The molecule has 5 nitrogen and oxygen atoms in total. The van der Waals surface area contributed by atoms with E-state index in [9.17, 15) is 8.78 Å². The molecule has 1 saturated carbocycles. The second-order valence-electron chi connectivity index (χ2n) is 8.25. The van der Waals surface area contributed by atoms with Crippen molar-refractivity contribution in [3.8, 4) is 0 Å². The lowest BCUT2D eigenvalue weighted by Crippen LogP contribution is -2.47. The average Bonchev–Trinajstić information content (AvgIpc) is 3.22. The molecule has 2 aliphatic heterocycles. The van der Waals surface area contributed by atoms with Crippen molar-refractivity contribution in [3.05, 3.63) is 35.1 Å². The van der Waals surface area contributed by atoms with Gasteiger partial charge in [0, 0.05) is 62.3 Å². The molecular weight excluding hydrogens is 348 g/mol. The van der Waals surface area contributed by atoms with Crippen LogP contribution in [0, 0.1) is 11.8 Å². The normalized spacial score (nSPS) is 33.4. The molecule has 2 N–H and O–H groups in total. The van der Waals surface area contributed by atoms with Gasteiger partial charge in [0.15, 0.2) is 5.82 Å². The highest BCUT2D eigenvalue weighted by Gasteiger charge is 2.40. The summed E-state index contributed by atoms with van der Waals surface area (Å²) < 4.78 is 29.9. The Bertz CT molecular complexity index is 840. The standard InChI is InChI=1S/C20H25F2N5/c21-12-2-5-17(22)15(8-12)14-4-3-13(9-18(14)23)26-10-16-19(11-26)25-27-7-1-6-24-20(16)27/h2,5-6,13-15,18H,1,3-4,7-11,23H2/t13?,14-,15?,18?/m1/s1. The van der Waals surface area contributed by atoms with Crippen LogP contribution < -0.4 is 5.73 Å². The molecule has 1 aromatic rings. The molecule has 0 spiro atoms. The van der Waals surface area contributed by atoms with Crippen LogP contribution in [0.5, 0.6) is 0 Å². The quantitative estimate of drug-likeness (QED) is 0.863. The molecule has 0 aromatic carbocycles.